The first kappa shape index (κ1) is 40.7. The summed E-state index contributed by atoms with van der Waals surface area (Å²) in [4.78, 5) is 25.7. The number of benzene rings is 1. The predicted molar refractivity (Wildman–Crippen MR) is 210 cm³/mol. The highest BCUT2D eigenvalue weighted by atomic mass is 16.1. The van der Waals surface area contributed by atoms with E-state index in [4.69, 9.17) is 0 Å². The molecular formula is C46H64O2. The van der Waals surface area contributed by atoms with E-state index in [2.05, 4.69) is 97.9 Å². The molecule has 0 amide bonds. The average molecular weight is 649 g/mol. The van der Waals surface area contributed by atoms with E-state index in [1.165, 1.54) is 51.9 Å². The Labute approximate surface area is 294 Å². The van der Waals surface area contributed by atoms with Gasteiger partial charge in [-0.15, -0.1) is 0 Å². The van der Waals surface area contributed by atoms with E-state index in [1.54, 1.807) is 19.1 Å². The molecular weight excluding hydrogens is 585 g/mol. The third-order valence-corrected chi connectivity index (χ3v) is 9.39. The Kier molecular flexibility index (Phi) is 18.8. The predicted octanol–water partition coefficient (Wildman–Crippen LogP) is 14.1. The van der Waals surface area contributed by atoms with Crippen LogP contribution in [0.3, 0.4) is 0 Å². The van der Waals surface area contributed by atoms with Crippen molar-refractivity contribution in [2.75, 3.05) is 0 Å². The minimum atomic E-state index is -0.0228. The van der Waals surface area contributed by atoms with Gasteiger partial charge in [-0.05, 0) is 146 Å². The van der Waals surface area contributed by atoms with E-state index >= 15 is 0 Å². The van der Waals surface area contributed by atoms with Gasteiger partial charge in [-0.1, -0.05) is 106 Å². The van der Waals surface area contributed by atoms with Crippen LogP contribution >= 0.6 is 0 Å². The summed E-state index contributed by atoms with van der Waals surface area (Å²) in [6, 6.07) is 7.15. The fourth-order valence-corrected chi connectivity index (χ4v) is 6.01. The molecule has 1 aliphatic rings. The van der Waals surface area contributed by atoms with Crippen molar-refractivity contribution in [1.82, 2.24) is 0 Å². The smallest absolute Gasteiger partial charge is 0.190 e. The topological polar surface area (TPSA) is 34.1 Å². The molecule has 0 fully saturated rings. The van der Waals surface area contributed by atoms with Gasteiger partial charge in [0, 0.05) is 22.3 Å². The molecule has 0 bridgehead atoms. The highest BCUT2D eigenvalue weighted by Gasteiger charge is 2.28. The fraction of sp³-hybridized carbons (Fsp3) is 0.478. The summed E-state index contributed by atoms with van der Waals surface area (Å²) in [7, 11) is 0. The zero-order valence-corrected chi connectivity index (χ0v) is 31.9. The molecule has 1 aliphatic carbocycles. The van der Waals surface area contributed by atoms with Gasteiger partial charge in [-0.3, -0.25) is 9.59 Å². The maximum Gasteiger partial charge on any atom is 0.190 e. The quantitative estimate of drug-likeness (QED) is 0.132. The highest BCUT2D eigenvalue weighted by Crippen LogP contribution is 2.28. The molecule has 0 unspecified atom stereocenters. The van der Waals surface area contributed by atoms with E-state index in [9.17, 15) is 9.59 Å². The van der Waals surface area contributed by atoms with Crippen LogP contribution in [0.2, 0.25) is 0 Å². The molecule has 1 aromatic carbocycles. The number of ketones is 2. The number of carbonyl (C=O) groups excluding carboxylic acids is 2. The van der Waals surface area contributed by atoms with Crippen LogP contribution in [0.25, 0.3) is 0 Å². The third kappa shape index (κ3) is 15.6. The third-order valence-electron chi connectivity index (χ3n) is 9.39. The van der Waals surface area contributed by atoms with Gasteiger partial charge in [0.25, 0.3) is 0 Å². The fourth-order valence-electron chi connectivity index (χ4n) is 6.01. The molecule has 0 spiro atoms. The largest absolute Gasteiger partial charge is 0.289 e. The molecule has 0 atom stereocenters. The van der Waals surface area contributed by atoms with Crippen LogP contribution in [0.1, 0.15) is 167 Å². The van der Waals surface area contributed by atoms with Crippen molar-refractivity contribution in [3.63, 3.8) is 0 Å². The van der Waals surface area contributed by atoms with Gasteiger partial charge in [0.05, 0.1) is 0 Å². The van der Waals surface area contributed by atoms with E-state index in [0.29, 0.717) is 28.7 Å². The molecule has 0 heterocycles. The molecule has 2 rings (SSSR count). The Hall–Kier alpha value is -3.52. The SMILES string of the molecule is CC(C)=CCCC(C)=CCCC(C)=CCCC(C)=CCC/C(C)=C/CCC(C)=CCC/C(C)=C/CC1=C(C)C(=O)c2ccccc2C1=O. The summed E-state index contributed by atoms with van der Waals surface area (Å²) in [5, 5.41) is 0. The van der Waals surface area contributed by atoms with Crippen molar-refractivity contribution in [2.24, 2.45) is 0 Å². The number of rotatable bonds is 20. The molecule has 48 heavy (non-hydrogen) atoms. The Bertz CT molecular complexity index is 1490. The number of carbonyl (C=O) groups is 2. The Morgan fingerprint density at radius 1 is 0.458 bits per heavy atom. The van der Waals surface area contributed by atoms with Crippen molar-refractivity contribution in [2.45, 2.75) is 146 Å². The number of Topliss-reactive ketones (excluding diaryl/α,β-unsaturated/α-hetero) is 2. The van der Waals surface area contributed by atoms with Gasteiger partial charge in [0.2, 0.25) is 0 Å². The molecule has 0 N–H and O–H groups in total. The van der Waals surface area contributed by atoms with Crippen LogP contribution in [0.5, 0.6) is 0 Å². The van der Waals surface area contributed by atoms with Crippen molar-refractivity contribution in [1.29, 1.82) is 0 Å². The molecule has 0 saturated carbocycles. The molecule has 0 radical (unpaired) electrons. The van der Waals surface area contributed by atoms with Crippen LogP contribution < -0.4 is 0 Å². The summed E-state index contributed by atoms with van der Waals surface area (Å²) in [6.45, 7) is 19.6. The maximum atomic E-state index is 13.0. The van der Waals surface area contributed by atoms with Crippen molar-refractivity contribution < 1.29 is 9.59 Å². The van der Waals surface area contributed by atoms with Gasteiger partial charge < -0.3 is 0 Å². The van der Waals surface area contributed by atoms with Crippen LogP contribution in [0.4, 0.5) is 0 Å². The summed E-state index contributed by atoms with van der Waals surface area (Å²) >= 11 is 0. The molecule has 1 aromatic rings. The molecule has 2 heteroatoms. The Morgan fingerprint density at radius 3 is 1.12 bits per heavy atom. The Balaban J connectivity index is 1.65. The molecule has 0 saturated heterocycles. The van der Waals surface area contributed by atoms with E-state index in [-0.39, 0.29) is 11.6 Å². The summed E-state index contributed by atoms with van der Waals surface area (Å²) in [5.41, 5.74) is 12.4. The van der Waals surface area contributed by atoms with Gasteiger partial charge in [-0.25, -0.2) is 0 Å². The van der Waals surface area contributed by atoms with Crippen molar-refractivity contribution >= 4 is 11.6 Å². The van der Waals surface area contributed by atoms with Gasteiger partial charge in [0.15, 0.2) is 11.6 Å². The summed E-state index contributed by atoms with van der Waals surface area (Å²) < 4.78 is 0. The van der Waals surface area contributed by atoms with E-state index < -0.39 is 0 Å². The molecule has 0 aliphatic heterocycles. The minimum Gasteiger partial charge on any atom is -0.289 e. The van der Waals surface area contributed by atoms with Crippen LogP contribution in [0.15, 0.2) is 117 Å². The first-order chi connectivity index (χ1) is 22.9. The van der Waals surface area contributed by atoms with Gasteiger partial charge in [-0.2, -0.15) is 0 Å². The lowest BCUT2D eigenvalue weighted by Gasteiger charge is -2.18. The number of hydrogen-bond donors (Lipinski definition) is 0. The first-order valence-corrected chi connectivity index (χ1v) is 18.3. The summed E-state index contributed by atoms with van der Waals surface area (Å²) in [5.74, 6) is -0.0311. The average Bonchev–Trinajstić information content (AvgIpc) is 3.03. The van der Waals surface area contributed by atoms with Crippen molar-refractivity contribution in [3.8, 4) is 0 Å². The van der Waals surface area contributed by atoms with Crippen LogP contribution in [-0.2, 0) is 0 Å². The maximum absolute atomic E-state index is 13.0. The second-order valence-corrected chi connectivity index (χ2v) is 14.3. The van der Waals surface area contributed by atoms with E-state index in [1.807, 2.05) is 12.1 Å². The lowest BCUT2D eigenvalue weighted by Crippen LogP contribution is -2.20. The van der Waals surface area contributed by atoms with Crippen LogP contribution in [-0.4, -0.2) is 11.6 Å². The van der Waals surface area contributed by atoms with Crippen LogP contribution in [0, 0.1) is 0 Å². The lowest BCUT2D eigenvalue weighted by molar-refractivity contribution is 0.0973. The minimum absolute atomic E-state index is 0.00832. The highest BCUT2D eigenvalue weighted by molar-refractivity contribution is 6.26. The molecule has 260 valence electrons. The van der Waals surface area contributed by atoms with Gasteiger partial charge in [0.1, 0.15) is 0 Å². The number of fused-ring (bicyclic) bond motifs is 1. The Morgan fingerprint density at radius 2 is 0.771 bits per heavy atom. The molecule has 2 nitrogen and oxygen atoms in total. The first-order valence-electron chi connectivity index (χ1n) is 18.3. The zero-order chi connectivity index (χ0) is 35.5. The normalized spacial score (nSPS) is 15.4. The second-order valence-electron chi connectivity index (χ2n) is 14.3. The van der Waals surface area contributed by atoms with Gasteiger partial charge >= 0.3 is 0 Å². The second kappa shape index (κ2) is 22.2. The number of allylic oxidation sites excluding steroid dienone is 16. The van der Waals surface area contributed by atoms with E-state index in [0.717, 1.165) is 64.2 Å². The summed E-state index contributed by atoms with van der Waals surface area (Å²) in [6.07, 6.45) is 30.4. The monoisotopic (exact) mass is 648 g/mol. The lowest BCUT2D eigenvalue weighted by atomic mass is 9.83. The molecule has 0 aromatic heterocycles. The zero-order valence-electron chi connectivity index (χ0n) is 31.9. The standard InChI is InChI=1S/C46H64O2/c1-34(2)18-12-19-35(3)20-13-21-36(4)22-14-23-37(5)24-15-25-38(6)26-16-27-39(7)28-17-29-40(8)32-33-42-41(9)45(47)43-30-10-11-31-44(43)46(42)48/h10-11,18,20,22,24,26,28,30-32H,12-17,19,21,23,25,27,29,33H2,1-9H3/b35-20?,36-22?,37-24?,38-26+,39-28?,40-32+. The van der Waals surface area contributed by atoms with Crippen molar-refractivity contribution in [3.05, 3.63) is 128 Å². The number of hydrogen-bond acceptors (Lipinski definition) is 2.